The first-order chi connectivity index (χ1) is 24.4. The van der Waals surface area contributed by atoms with Crippen molar-refractivity contribution in [2.24, 2.45) is 0 Å². The van der Waals surface area contributed by atoms with Crippen LogP contribution in [0, 0.1) is 0 Å². The average molecular weight is 751 g/mol. The van der Waals surface area contributed by atoms with E-state index >= 15 is 0 Å². The van der Waals surface area contributed by atoms with Crippen molar-refractivity contribution in [3.05, 3.63) is 0 Å². The summed E-state index contributed by atoms with van der Waals surface area (Å²) in [4.78, 5) is 45.7. The monoisotopic (exact) mass is 751 g/mol. The van der Waals surface area contributed by atoms with Crippen molar-refractivity contribution >= 4 is 19.7 Å². The number of rotatable bonds is 36. The summed E-state index contributed by atoms with van der Waals surface area (Å²) in [5.41, 5.74) is 0. The van der Waals surface area contributed by atoms with E-state index in [2.05, 4.69) is 38.2 Å². The van der Waals surface area contributed by atoms with Gasteiger partial charge in [0.15, 0.2) is 0 Å². The Hall–Kier alpha value is -0.990. The van der Waals surface area contributed by atoms with Crippen LogP contribution in [0.1, 0.15) is 226 Å². The summed E-state index contributed by atoms with van der Waals surface area (Å²) in [6.07, 6.45) is 42.5. The molecule has 0 saturated carbocycles. The fourth-order valence-corrected chi connectivity index (χ4v) is 6.02. The van der Waals surface area contributed by atoms with Crippen molar-refractivity contribution in [2.45, 2.75) is 226 Å². The van der Waals surface area contributed by atoms with E-state index < -0.39 is 13.8 Å². The van der Waals surface area contributed by atoms with Gasteiger partial charge >= 0.3 is 13.8 Å². The lowest BCUT2D eigenvalue weighted by atomic mass is 10.0. The first-order valence-corrected chi connectivity index (χ1v) is 22.9. The van der Waals surface area contributed by atoms with Gasteiger partial charge in [-0.15, -0.1) is 0 Å². The molecule has 308 valence electrons. The van der Waals surface area contributed by atoms with Gasteiger partial charge in [0, 0.05) is 19.4 Å². The van der Waals surface area contributed by atoms with E-state index in [9.17, 15) is 9.59 Å². The maximum atomic E-state index is 11.7. The summed E-state index contributed by atoms with van der Waals surface area (Å²) in [7, 11) is -0.505. The Morgan fingerprint density at radius 1 is 0.471 bits per heavy atom. The highest BCUT2D eigenvalue weighted by Crippen LogP contribution is 2.25. The molecule has 51 heavy (non-hydrogen) atoms. The number of carboxylic acid groups (broad SMARTS) is 1. The Bertz CT molecular complexity index is 741. The van der Waals surface area contributed by atoms with Gasteiger partial charge in [-0.1, -0.05) is 194 Å². The van der Waals surface area contributed by atoms with Crippen LogP contribution >= 0.6 is 7.82 Å². The highest BCUT2D eigenvalue weighted by molar-refractivity contribution is 7.45. The van der Waals surface area contributed by atoms with E-state index in [-0.39, 0.29) is 5.91 Å². The highest BCUT2D eigenvalue weighted by Gasteiger charge is 2.02. The lowest BCUT2D eigenvalue weighted by Gasteiger charge is -2.09. The lowest BCUT2D eigenvalue weighted by Crippen LogP contribution is -2.26. The van der Waals surface area contributed by atoms with Gasteiger partial charge < -0.3 is 30.0 Å². The summed E-state index contributed by atoms with van der Waals surface area (Å²) >= 11 is 0. The number of carboxylic acids is 1. The van der Waals surface area contributed by atoms with Gasteiger partial charge in [-0.05, 0) is 39.9 Å². The van der Waals surface area contributed by atoms with Crippen molar-refractivity contribution in [3.63, 3.8) is 0 Å². The second-order valence-electron chi connectivity index (χ2n) is 14.8. The third kappa shape index (κ3) is 67.7. The zero-order chi connectivity index (χ0) is 38.7. The van der Waals surface area contributed by atoms with Crippen molar-refractivity contribution in [3.8, 4) is 0 Å². The number of aliphatic carboxylic acids is 1. The third-order valence-electron chi connectivity index (χ3n) is 9.11. The molecule has 0 aliphatic carbocycles. The molecular weight excluding hydrogens is 663 g/mol. The predicted molar refractivity (Wildman–Crippen MR) is 217 cm³/mol. The van der Waals surface area contributed by atoms with Crippen molar-refractivity contribution < 1.29 is 33.9 Å². The van der Waals surface area contributed by atoms with Gasteiger partial charge in [0.05, 0.1) is 0 Å². The molecule has 0 fully saturated rings. The van der Waals surface area contributed by atoms with Crippen LogP contribution in [-0.4, -0.2) is 63.7 Å². The number of hydrogen-bond donors (Lipinski definition) is 5. The molecule has 0 spiro atoms. The topological polar surface area (TPSA) is 147 Å². The van der Waals surface area contributed by atoms with E-state index in [0.29, 0.717) is 12.8 Å². The number of carbonyl (C=O) groups excluding carboxylic acids is 1. The van der Waals surface area contributed by atoms with Gasteiger partial charge in [0.25, 0.3) is 0 Å². The van der Waals surface area contributed by atoms with E-state index in [1.807, 2.05) is 0 Å². The molecule has 0 aromatic carbocycles. The number of unbranched alkanes of at least 4 members (excludes halogenated alkanes) is 28. The molecule has 0 heterocycles. The molecule has 1 amide bonds. The third-order valence-corrected chi connectivity index (χ3v) is 9.11. The average Bonchev–Trinajstić information content (AvgIpc) is 3.06. The van der Waals surface area contributed by atoms with Crippen molar-refractivity contribution in [1.82, 2.24) is 10.2 Å². The normalized spacial score (nSPS) is 11.1. The molecule has 0 aromatic rings. The zero-order valence-electron chi connectivity index (χ0n) is 34.2. The maximum Gasteiger partial charge on any atom is 0.466 e. The minimum atomic E-state index is -4.64. The number of nitrogens with one attached hydrogen (secondary N) is 1. The van der Waals surface area contributed by atoms with Crippen molar-refractivity contribution in [2.75, 3.05) is 27.2 Å². The standard InChI is InChI=1S/C23H48N2O.C18H36O2.H3O4P/c1-4-5-6-7-8-9-10-11-12-13-14-15-16-17-18-20-23(26)24-21-19-22-25(2)3;1-2-3-4-5-6-7-8-9-10-11-12-13-14-15-16-17-18(19)20;1-5(2,3)4/h4-22H2,1-3H3,(H,24,26);2-17H2,1H3,(H,19,20);(H3,1,2,3,4). The molecule has 0 aliphatic heterocycles. The maximum absolute atomic E-state index is 11.7. The summed E-state index contributed by atoms with van der Waals surface area (Å²) in [5.74, 6) is -0.418. The molecule has 0 bridgehead atoms. The molecule has 9 nitrogen and oxygen atoms in total. The number of amides is 1. The molecule has 0 unspecified atom stereocenters. The minimum Gasteiger partial charge on any atom is -0.481 e. The quantitative estimate of drug-likeness (QED) is 0.0314. The molecule has 10 heteroatoms. The van der Waals surface area contributed by atoms with E-state index in [4.69, 9.17) is 24.4 Å². The predicted octanol–water partition coefficient (Wildman–Crippen LogP) is 11.7. The number of carbonyl (C=O) groups is 2. The lowest BCUT2D eigenvalue weighted by molar-refractivity contribution is -0.137. The largest absolute Gasteiger partial charge is 0.481 e. The summed E-state index contributed by atoms with van der Waals surface area (Å²) in [6, 6.07) is 0. The summed E-state index contributed by atoms with van der Waals surface area (Å²) in [5, 5.41) is 11.5. The zero-order valence-corrected chi connectivity index (χ0v) is 35.1. The van der Waals surface area contributed by atoms with E-state index in [0.717, 1.165) is 38.8 Å². The molecule has 5 N–H and O–H groups in total. The van der Waals surface area contributed by atoms with Crippen LogP contribution in [-0.2, 0) is 14.2 Å². The first kappa shape index (κ1) is 54.4. The number of phosphoric acid groups is 1. The second-order valence-corrected chi connectivity index (χ2v) is 15.8. The van der Waals surface area contributed by atoms with E-state index in [1.54, 1.807) is 0 Å². The van der Waals surface area contributed by atoms with Crippen LogP contribution in [0.3, 0.4) is 0 Å². The van der Waals surface area contributed by atoms with Gasteiger partial charge in [-0.25, -0.2) is 4.57 Å². The molecule has 0 radical (unpaired) electrons. The molecular formula is C41H87N2O7P. The fraction of sp³-hybridized carbons (Fsp3) is 0.951. The molecule has 0 aliphatic rings. The SMILES string of the molecule is CCCCCCCCCCCCCCCCCC(=O)NCCCN(C)C.CCCCCCCCCCCCCCCCCC(=O)O.O=P(O)(O)O. The highest BCUT2D eigenvalue weighted by atomic mass is 31.2. The van der Waals surface area contributed by atoms with Gasteiger partial charge in [-0.3, -0.25) is 9.59 Å². The fourth-order valence-electron chi connectivity index (χ4n) is 6.02. The van der Waals surface area contributed by atoms with Gasteiger partial charge in [0.1, 0.15) is 0 Å². The van der Waals surface area contributed by atoms with Gasteiger partial charge in [0.2, 0.25) is 5.91 Å². The van der Waals surface area contributed by atoms with Crippen LogP contribution in [0.5, 0.6) is 0 Å². The number of hydrogen-bond acceptors (Lipinski definition) is 4. The Labute approximate surface area is 316 Å². The molecule has 0 rings (SSSR count). The van der Waals surface area contributed by atoms with Crippen molar-refractivity contribution in [1.29, 1.82) is 0 Å². The molecule has 0 aromatic heterocycles. The van der Waals surface area contributed by atoms with E-state index in [1.165, 1.54) is 173 Å². The number of nitrogens with zero attached hydrogens (tertiary/aromatic N) is 1. The first-order valence-electron chi connectivity index (χ1n) is 21.3. The Morgan fingerprint density at radius 2 is 0.725 bits per heavy atom. The van der Waals surface area contributed by atoms with Crippen LogP contribution in [0.2, 0.25) is 0 Å². The Balaban J connectivity index is -0.000000816. The smallest absolute Gasteiger partial charge is 0.466 e. The minimum absolute atomic E-state index is 0.235. The molecule has 0 saturated heterocycles. The molecule has 0 atom stereocenters. The van der Waals surface area contributed by atoms with Crippen LogP contribution in [0.15, 0.2) is 0 Å². The summed E-state index contributed by atoms with van der Waals surface area (Å²) < 4.78 is 8.88. The Morgan fingerprint density at radius 3 is 0.980 bits per heavy atom. The van der Waals surface area contributed by atoms with Crippen LogP contribution in [0.4, 0.5) is 0 Å². The van der Waals surface area contributed by atoms with Crippen LogP contribution in [0.25, 0.3) is 0 Å². The van der Waals surface area contributed by atoms with Gasteiger partial charge in [-0.2, -0.15) is 0 Å². The summed E-state index contributed by atoms with van der Waals surface area (Å²) in [6.45, 7) is 6.41. The Kier molecular flexibility index (Phi) is 48.1. The second kappa shape index (κ2) is 45.2. The van der Waals surface area contributed by atoms with Crippen LogP contribution < -0.4 is 5.32 Å².